The summed E-state index contributed by atoms with van der Waals surface area (Å²) >= 11 is 0. The highest BCUT2D eigenvalue weighted by atomic mass is 16.3. The summed E-state index contributed by atoms with van der Waals surface area (Å²) in [6.07, 6.45) is 9.91. The smallest absolute Gasteiger partial charge is 0.0745 e. The van der Waals surface area contributed by atoms with Gasteiger partial charge in [0.05, 0.1) is 17.8 Å². The molecule has 0 amide bonds. The van der Waals surface area contributed by atoms with Crippen molar-refractivity contribution in [3.05, 3.63) is 12.2 Å². The summed E-state index contributed by atoms with van der Waals surface area (Å²) in [5, 5.41) is 32.8. The van der Waals surface area contributed by atoms with E-state index < -0.39 is 11.7 Å². The molecule has 4 rings (SSSR count). The van der Waals surface area contributed by atoms with Crippen LogP contribution in [0.4, 0.5) is 0 Å². The predicted molar refractivity (Wildman–Crippen MR) is 136 cm³/mol. The molecule has 0 aromatic heterocycles. The highest BCUT2D eigenvalue weighted by Gasteiger charge is 2.69. The summed E-state index contributed by atoms with van der Waals surface area (Å²) in [6.45, 7) is 20.2. The highest BCUT2D eigenvalue weighted by molar-refractivity contribution is 5.18. The Kier molecular flexibility index (Phi) is 6.28. The number of hydrogen-bond donors (Lipinski definition) is 3. The summed E-state index contributed by atoms with van der Waals surface area (Å²) in [4.78, 5) is 0. The van der Waals surface area contributed by atoms with Crippen LogP contribution in [0.15, 0.2) is 12.2 Å². The molecule has 10 atom stereocenters. The Labute approximate surface area is 203 Å². The average Bonchev–Trinajstić information content (AvgIpc) is 3.08. The Balaban J connectivity index is 1.59. The maximum atomic E-state index is 11.6. The molecule has 4 aliphatic rings. The lowest BCUT2D eigenvalue weighted by Crippen LogP contribution is -2.64. The lowest BCUT2D eigenvalue weighted by Gasteiger charge is -2.70. The monoisotopic (exact) mass is 460 g/mol. The molecule has 0 aromatic carbocycles. The molecule has 0 aromatic rings. The Morgan fingerprint density at radius 3 is 2.21 bits per heavy atom. The lowest BCUT2D eigenvalue weighted by atomic mass is 9.35. The summed E-state index contributed by atoms with van der Waals surface area (Å²) in [6, 6.07) is 0. The van der Waals surface area contributed by atoms with E-state index in [1.165, 1.54) is 32.1 Å². The normalized spacial score (nSPS) is 49.3. The molecule has 3 nitrogen and oxygen atoms in total. The minimum atomic E-state index is -0.736. The van der Waals surface area contributed by atoms with Gasteiger partial charge in [0.1, 0.15) is 0 Å². The summed E-state index contributed by atoms with van der Waals surface area (Å²) < 4.78 is 0. The fraction of sp³-hybridized carbons (Fsp3) is 0.933. The van der Waals surface area contributed by atoms with Gasteiger partial charge in [-0.25, -0.2) is 0 Å². The van der Waals surface area contributed by atoms with Crippen molar-refractivity contribution in [1.29, 1.82) is 0 Å². The minimum absolute atomic E-state index is 0.00190. The van der Waals surface area contributed by atoms with Gasteiger partial charge in [-0.05, 0) is 123 Å². The van der Waals surface area contributed by atoms with E-state index in [0.717, 1.165) is 24.8 Å². The summed E-state index contributed by atoms with van der Waals surface area (Å²) in [5.41, 5.74) is 0.905. The van der Waals surface area contributed by atoms with Gasteiger partial charge in [0.2, 0.25) is 0 Å². The van der Waals surface area contributed by atoms with E-state index in [4.69, 9.17) is 0 Å². The molecular weight excluding hydrogens is 408 g/mol. The third kappa shape index (κ3) is 3.61. The molecule has 0 saturated heterocycles. The average molecular weight is 461 g/mol. The van der Waals surface area contributed by atoms with Crippen LogP contribution in [0.3, 0.4) is 0 Å². The van der Waals surface area contributed by atoms with Crippen LogP contribution >= 0.6 is 0 Å². The zero-order valence-electron chi connectivity index (χ0n) is 22.6. The third-order valence-electron chi connectivity index (χ3n) is 12.7. The van der Waals surface area contributed by atoms with Crippen LogP contribution in [0.5, 0.6) is 0 Å². The first-order chi connectivity index (χ1) is 15.1. The van der Waals surface area contributed by atoms with Crippen molar-refractivity contribution in [2.75, 3.05) is 0 Å². The molecule has 0 aliphatic heterocycles. The van der Waals surface area contributed by atoms with Gasteiger partial charge in [-0.15, -0.1) is 0 Å². The molecule has 4 aliphatic carbocycles. The second-order valence-electron chi connectivity index (χ2n) is 14.4. The number of hydrogen-bond acceptors (Lipinski definition) is 3. The Hall–Kier alpha value is -0.380. The first kappa shape index (κ1) is 25.7. The molecule has 0 unspecified atom stereocenters. The Morgan fingerprint density at radius 2 is 1.58 bits per heavy atom. The van der Waals surface area contributed by atoms with Gasteiger partial charge in [0.15, 0.2) is 0 Å². The van der Waals surface area contributed by atoms with E-state index in [0.29, 0.717) is 47.3 Å². The van der Waals surface area contributed by atoms with Crippen LogP contribution in [-0.2, 0) is 0 Å². The molecule has 3 N–H and O–H groups in total. The summed E-state index contributed by atoms with van der Waals surface area (Å²) in [7, 11) is 0. The molecule has 0 radical (unpaired) electrons. The fourth-order valence-corrected chi connectivity index (χ4v) is 10.3. The third-order valence-corrected chi connectivity index (χ3v) is 12.7. The molecule has 0 spiro atoms. The van der Waals surface area contributed by atoms with Crippen LogP contribution in [0, 0.1) is 45.3 Å². The van der Waals surface area contributed by atoms with Crippen LogP contribution in [0.25, 0.3) is 0 Å². The van der Waals surface area contributed by atoms with Crippen molar-refractivity contribution in [3.8, 4) is 0 Å². The van der Waals surface area contributed by atoms with E-state index >= 15 is 0 Å². The Bertz CT molecular complexity index is 771. The number of rotatable bonds is 5. The van der Waals surface area contributed by atoms with Crippen LogP contribution in [-0.4, -0.2) is 33.1 Å². The van der Waals surface area contributed by atoms with E-state index in [2.05, 4.69) is 41.2 Å². The zero-order valence-corrected chi connectivity index (χ0v) is 22.6. The van der Waals surface area contributed by atoms with Crippen molar-refractivity contribution < 1.29 is 15.3 Å². The quantitative estimate of drug-likeness (QED) is 0.410. The van der Waals surface area contributed by atoms with Crippen molar-refractivity contribution in [1.82, 2.24) is 0 Å². The molecule has 190 valence electrons. The van der Waals surface area contributed by atoms with Crippen LogP contribution in [0.1, 0.15) is 113 Å². The zero-order chi connectivity index (χ0) is 24.6. The molecule has 0 bridgehead atoms. The molecule has 4 saturated carbocycles. The number of aliphatic hydroxyl groups is 3. The first-order valence-electron chi connectivity index (χ1n) is 13.8. The molecule has 33 heavy (non-hydrogen) atoms. The number of fused-ring (bicyclic) bond motifs is 5. The van der Waals surface area contributed by atoms with Gasteiger partial charge in [-0.1, -0.05) is 46.8 Å². The second kappa shape index (κ2) is 8.07. The van der Waals surface area contributed by atoms with Crippen LogP contribution in [0.2, 0.25) is 0 Å². The molecule has 0 heterocycles. The van der Waals surface area contributed by atoms with E-state index in [9.17, 15) is 15.3 Å². The van der Waals surface area contributed by atoms with Gasteiger partial charge in [-0.3, -0.25) is 0 Å². The second-order valence-corrected chi connectivity index (χ2v) is 14.4. The van der Waals surface area contributed by atoms with Crippen molar-refractivity contribution in [2.24, 2.45) is 45.3 Å². The summed E-state index contributed by atoms with van der Waals surface area (Å²) in [5.74, 6) is 2.16. The van der Waals surface area contributed by atoms with Gasteiger partial charge in [0.25, 0.3) is 0 Å². The van der Waals surface area contributed by atoms with Gasteiger partial charge < -0.3 is 15.3 Å². The molecule has 3 heteroatoms. The van der Waals surface area contributed by atoms with E-state index in [1.807, 2.05) is 13.8 Å². The van der Waals surface area contributed by atoms with Gasteiger partial charge in [-0.2, -0.15) is 0 Å². The van der Waals surface area contributed by atoms with Crippen molar-refractivity contribution in [3.63, 3.8) is 0 Å². The minimum Gasteiger partial charge on any atom is -0.393 e. The topological polar surface area (TPSA) is 60.7 Å². The predicted octanol–water partition coefficient (Wildman–Crippen LogP) is 6.50. The van der Waals surface area contributed by atoms with Crippen molar-refractivity contribution >= 4 is 0 Å². The van der Waals surface area contributed by atoms with E-state index in [1.54, 1.807) is 0 Å². The lowest BCUT2D eigenvalue weighted by molar-refractivity contribution is -0.225. The maximum Gasteiger partial charge on any atom is 0.0745 e. The Morgan fingerprint density at radius 1 is 0.939 bits per heavy atom. The highest BCUT2D eigenvalue weighted by Crippen LogP contribution is 2.75. The largest absolute Gasteiger partial charge is 0.393 e. The van der Waals surface area contributed by atoms with Crippen LogP contribution < -0.4 is 0 Å². The molecule has 4 fully saturated rings. The maximum absolute atomic E-state index is 11.6. The molecular formula is C30H52O3. The van der Waals surface area contributed by atoms with E-state index in [-0.39, 0.29) is 16.9 Å². The first-order valence-corrected chi connectivity index (χ1v) is 13.8. The van der Waals surface area contributed by atoms with Crippen molar-refractivity contribution in [2.45, 2.75) is 130 Å². The SMILES string of the molecule is C=C(C)[C@H](O)CC[C@](C)(O)[C@H]1CC[C@]2(C)[C@@H]1CC[C@@H]1[C@@]3(C)CC[C@H](O)C(C)(C)[C@@H]3CC[C@]12C. The van der Waals surface area contributed by atoms with Gasteiger partial charge in [0, 0.05) is 0 Å². The van der Waals surface area contributed by atoms with Gasteiger partial charge >= 0.3 is 0 Å². The standard InChI is InChI=1S/C30H52O3/c1-19(2)22(31)12-18-30(8,33)21-11-16-28(6)20(21)9-10-24-27(5)15-14-25(32)26(3,4)23(27)13-17-29(24,28)7/h20-25,31-33H,1,9-18H2,2-8H3/t20-,21+,22-,23+,24-,25+,27+,28-,29-,30+/m1/s1. The fourth-order valence-electron chi connectivity index (χ4n) is 10.3. The number of aliphatic hydroxyl groups excluding tert-OH is 2.